The molecule has 0 saturated heterocycles. The number of nitrogens with one attached hydrogen (secondary N) is 3. The van der Waals surface area contributed by atoms with Crippen molar-refractivity contribution >= 4 is 29.4 Å². The number of hydrogen-bond donors (Lipinski definition) is 4. The Balaban J connectivity index is 2.48. The highest BCUT2D eigenvalue weighted by molar-refractivity contribution is 6.01. The maximum Gasteiger partial charge on any atom is 0.337 e. The third-order valence-corrected chi connectivity index (χ3v) is 3.13. The number of carbonyl (C=O) groups is 4. The lowest BCUT2D eigenvalue weighted by atomic mass is 10.1. The van der Waals surface area contributed by atoms with E-state index in [9.17, 15) is 24.3 Å². The Kier molecular flexibility index (Phi) is 7.91. The van der Waals surface area contributed by atoms with Gasteiger partial charge in [-0.2, -0.15) is 0 Å². The molecule has 0 spiro atoms. The molecule has 1 aromatic carbocycles. The molecule has 0 aliphatic carbocycles. The number of carboxylic acid groups (broad SMARTS) is 1. The molecule has 0 aliphatic heterocycles. The lowest BCUT2D eigenvalue weighted by Gasteiger charge is -2.10. The summed E-state index contributed by atoms with van der Waals surface area (Å²) < 4.78 is 4.95. The number of carbonyl (C=O) groups excluding carboxylic acids is 3. The fraction of sp³-hybridized carbons (Fsp3) is 0.375. The van der Waals surface area contributed by atoms with Crippen LogP contribution in [-0.4, -0.2) is 49.0 Å². The van der Waals surface area contributed by atoms with Gasteiger partial charge in [0.25, 0.3) is 0 Å². The van der Waals surface area contributed by atoms with Crippen molar-refractivity contribution in [3.63, 3.8) is 0 Å². The van der Waals surface area contributed by atoms with Crippen LogP contribution in [0.3, 0.4) is 0 Å². The van der Waals surface area contributed by atoms with Crippen molar-refractivity contribution < 1.29 is 29.0 Å². The molecule has 25 heavy (non-hydrogen) atoms. The van der Waals surface area contributed by atoms with E-state index in [-0.39, 0.29) is 42.5 Å². The summed E-state index contributed by atoms with van der Waals surface area (Å²) >= 11 is 0. The minimum atomic E-state index is -1.20. The van der Waals surface area contributed by atoms with E-state index in [2.05, 4.69) is 16.0 Å². The number of carboxylic acids is 1. The molecule has 0 heterocycles. The van der Waals surface area contributed by atoms with Gasteiger partial charge in [0, 0.05) is 32.9 Å². The first kappa shape index (κ1) is 19.9. The van der Waals surface area contributed by atoms with Gasteiger partial charge in [-0.1, -0.05) is 0 Å². The summed E-state index contributed by atoms with van der Waals surface area (Å²) in [4.78, 5) is 45.4. The number of methoxy groups -OCH3 is 1. The van der Waals surface area contributed by atoms with Crippen molar-refractivity contribution in [3.05, 3.63) is 23.8 Å². The summed E-state index contributed by atoms with van der Waals surface area (Å²) in [5.74, 6) is -1.86. The van der Waals surface area contributed by atoms with Gasteiger partial charge >= 0.3 is 5.97 Å². The molecule has 0 radical (unpaired) electrons. The van der Waals surface area contributed by atoms with Crippen LogP contribution in [0.2, 0.25) is 0 Å². The van der Waals surface area contributed by atoms with Crippen LogP contribution < -0.4 is 20.7 Å². The molecule has 3 amide bonds. The number of hydrogen-bond acceptors (Lipinski definition) is 5. The molecule has 9 nitrogen and oxygen atoms in total. The number of anilines is 1. The molecule has 0 bridgehead atoms. The maximum absolute atomic E-state index is 11.9. The van der Waals surface area contributed by atoms with Crippen LogP contribution in [0.4, 0.5) is 5.69 Å². The zero-order chi connectivity index (χ0) is 18.8. The quantitative estimate of drug-likeness (QED) is 0.475. The van der Waals surface area contributed by atoms with Gasteiger partial charge in [-0.25, -0.2) is 4.79 Å². The van der Waals surface area contributed by atoms with Crippen molar-refractivity contribution in [2.45, 2.75) is 19.8 Å². The zero-order valence-corrected chi connectivity index (χ0v) is 14.0. The largest absolute Gasteiger partial charge is 0.497 e. The van der Waals surface area contributed by atoms with Gasteiger partial charge in [0.15, 0.2) is 0 Å². The lowest BCUT2D eigenvalue weighted by Crippen LogP contribution is -2.33. The van der Waals surface area contributed by atoms with Crippen molar-refractivity contribution in [1.29, 1.82) is 0 Å². The van der Waals surface area contributed by atoms with Gasteiger partial charge in [0.1, 0.15) is 5.75 Å². The molecule has 0 unspecified atom stereocenters. The number of rotatable bonds is 9. The smallest absolute Gasteiger partial charge is 0.337 e. The second-order valence-electron chi connectivity index (χ2n) is 5.10. The molecule has 0 atom stereocenters. The average Bonchev–Trinajstić information content (AvgIpc) is 2.56. The monoisotopic (exact) mass is 351 g/mol. The number of ether oxygens (including phenoxy) is 1. The molecule has 136 valence electrons. The minimum Gasteiger partial charge on any atom is -0.497 e. The first-order valence-corrected chi connectivity index (χ1v) is 7.55. The van der Waals surface area contributed by atoms with Crippen LogP contribution in [-0.2, 0) is 14.4 Å². The molecule has 1 aromatic rings. The lowest BCUT2D eigenvalue weighted by molar-refractivity contribution is -0.124. The normalized spacial score (nSPS) is 9.84. The van der Waals surface area contributed by atoms with Crippen molar-refractivity contribution in [2.24, 2.45) is 0 Å². The fourth-order valence-electron chi connectivity index (χ4n) is 1.90. The first-order valence-electron chi connectivity index (χ1n) is 7.55. The number of aromatic carboxylic acids is 1. The van der Waals surface area contributed by atoms with E-state index >= 15 is 0 Å². The predicted molar refractivity (Wildman–Crippen MR) is 89.5 cm³/mol. The van der Waals surface area contributed by atoms with Crippen LogP contribution in [0.25, 0.3) is 0 Å². The van der Waals surface area contributed by atoms with E-state index in [4.69, 9.17) is 4.74 Å². The summed E-state index contributed by atoms with van der Waals surface area (Å²) in [5, 5.41) is 16.7. The van der Waals surface area contributed by atoms with Crippen LogP contribution in [0.1, 0.15) is 30.1 Å². The van der Waals surface area contributed by atoms with Gasteiger partial charge < -0.3 is 25.8 Å². The standard InChI is InChI=1S/C16H21N3O6/c1-10(20)17-7-8-18-14(21)5-6-15(22)19-13-4-3-11(25-2)9-12(13)16(23)24/h3-4,9H,5-8H2,1-2H3,(H,17,20)(H,18,21)(H,19,22)(H,23,24). The summed E-state index contributed by atoms with van der Waals surface area (Å²) in [6, 6.07) is 4.25. The van der Waals surface area contributed by atoms with Gasteiger partial charge in [-0.3, -0.25) is 14.4 Å². The molecular formula is C16H21N3O6. The molecule has 4 N–H and O–H groups in total. The van der Waals surface area contributed by atoms with Crippen LogP contribution >= 0.6 is 0 Å². The van der Waals surface area contributed by atoms with Crippen LogP contribution in [0.15, 0.2) is 18.2 Å². The molecular weight excluding hydrogens is 330 g/mol. The van der Waals surface area contributed by atoms with Crippen LogP contribution in [0, 0.1) is 0 Å². The topological polar surface area (TPSA) is 134 Å². The van der Waals surface area contributed by atoms with Gasteiger partial charge in [0.05, 0.1) is 18.4 Å². The second-order valence-corrected chi connectivity index (χ2v) is 5.10. The SMILES string of the molecule is COc1ccc(NC(=O)CCC(=O)NCCNC(C)=O)c(C(=O)O)c1. The summed E-state index contributed by atoms with van der Waals surface area (Å²) in [6.07, 6.45) is -0.151. The van der Waals surface area contributed by atoms with E-state index in [1.54, 1.807) is 0 Å². The van der Waals surface area contributed by atoms with E-state index in [1.165, 1.54) is 32.2 Å². The van der Waals surface area contributed by atoms with Crippen LogP contribution in [0.5, 0.6) is 5.75 Å². The fourth-order valence-corrected chi connectivity index (χ4v) is 1.90. The Bertz CT molecular complexity index is 659. The van der Waals surface area contributed by atoms with Crippen molar-refractivity contribution in [3.8, 4) is 5.75 Å². The maximum atomic E-state index is 11.9. The van der Waals surface area contributed by atoms with E-state index < -0.39 is 11.9 Å². The Morgan fingerprint density at radius 3 is 2.28 bits per heavy atom. The Labute approximate surface area is 144 Å². The third kappa shape index (κ3) is 7.34. The van der Waals surface area contributed by atoms with Gasteiger partial charge in [0.2, 0.25) is 17.7 Å². The number of benzene rings is 1. The molecule has 0 aliphatic rings. The summed E-state index contributed by atoms with van der Waals surface area (Å²) in [6.45, 7) is 1.94. The molecule has 0 saturated carbocycles. The highest BCUT2D eigenvalue weighted by Crippen LogP contribution is 2.22. The summed E-state index contributed by atoms with van der Waals surface area (Å²) in [7, 11) is 1.41. The highest BCUT2D eigenvalue weighted by atomic mass is 16.5. The molecule has 9 heteroatoms. The predicted octanol–water partition coefficient (Wildman–Crippen LogP) is 0.364. The summed E-state index contributed by atoms with van der Waals surface area (Å²) in [5.41, 5.74) is 0.0248. The van der Waals surface area contributed by atoms with E-state index in [0.717, 1.165) is 0 Å². The second kappa shape index (κ2) is 9.91. The Morgan fingerprint density at radius 1 is 1.04 bits per heavy atom. The molecule has 1 rings (SSSR count). The van der Waals surface area contributed by atoms with Crippen molar-refractivity contribution in [2.75, 3.05) is 25.5 Å². The Morgan fingerprint density at radius 2 is 1.68 bits per heavy atom. The zero-order valence-electron chi connectivity index (χ0n) is 14.0. The average molecular weight is 351 g/mol. The highest BCUT2D eigenvalue weighted by Gasteiger charge is 2.14. The van der Waals surface area contributed by atoms with Crippen molar-refractivity contribution in [1.82, 2.24) is 10.6 Å². The molecule has 0 aromatic heterocycles. The minimum absolute atomic E-state index is 0.0511. The molecule has 0 fully saturated rings. The first-order chi connectivity index (χ1) is 11.8. The third-order valence-electron chi connectivity index (χ3n) is 3.13. The Hall–Kier alpha value is -3.10. The van der Waals surface area contributed by atoms with Gasteiger partial charge in [-0.15, -0.1) is 0 Å². The van der Waals surface area contributed by atoms with Gasteiger partial charge in [-0.05, 0) is 18.2 Å². The number of amides is 3. The van der Waals surface area contributed by atoms with E-state index in [0.29, 0.717) is 12.3 Å². The van der Waals surface area contributed by atoms with E-state index in [1.807, 2.05) is 0 Å².